The normalized spacial score (nSPS) is 11.3. The van der Waals surface area contributed by atoms with Crippen molar-refractivity contribution < 1.29 is 0 Å². The number of nitrogens with zero attached hydrogens (tertiary/aromatic N) is 2. The second kappa shape index (κ2) is 7.70. The molecule has 6 rings (SSSR count). The van der Waals surface area contributed by atoms with Gasteiger partial charge >= 0.3 is 0 Å². The van der Waals surface area contributed by atoms with Crippen LogP contribution in [0.15, 0.2) is 103 Å². The van der Waals surface area contributed by atoms with Crippen LogP contribution in [0.25, 0.3) is 53.9 Å². The third-order valence-electron chi connectivity index (χ3n) is 5.79. The molecule has 0 aliphatic heterocycles. The third-order valence-corrected chi connectivity index (χ3v) is 7.01. The van der Waals surface area contributed by atoms with Gasteiger partial charge in [-0.05, 0) is 30.2 Å². The monoisotopic (exact) mass is 428 g/mol. The van der Waals surface area contributed by atoms with Gasteiger partial charge in [0, 0.05) is 37.0 Å². The van der Waals surface area contributed by atoms with E-state index in [1.165, 1.54) is 25.7 Å². The summed E-state index contributed by atoms with van der Waals surface area (Å²) in [5.41, 5.74) is 6.45. The van der Waals surface area contributed by atoms with E-state index < -0.39 is 0 Å². The topological polar surface area (TPSA) is 25.8 Å². The van der Waals surface area contributed by atoms with Crippen molar-refractivity contribution in [3.05, 3.63) is 109 Å². The molecule has 0 radical (unpaired) electrons. The summed E-state index contributed by atoms with van der Waals surface area (Å²) in [5.74, 6) is 0.762. The van der Waals surface area contributed by atoms with Gasteiger partial charge in [-0.15, -0.1) is 11.3 Å². The molecular weight excluding hydrogens is 408 g/mol. The molecule has 0 aliphatic carbocycles. The molecule has 0 unspecified atom stereocenters. The predicted molar refractivity (Wildman–Crippen MR) is 136 cm³/mol. The van der Waals surface area contributed by atoms with E-state index >= 15 is 0 Å². The van der Waals surface area contributed by atoms with Crippen LogP contribution in [0.1, 0.15) is 5.69 Å². The number of fused-ring (bicyclic) bond motifs is 3. The van der Waals surface area contributed by atoms with Gasteiger partial charge in [0.2, 0.25) is 0 Å². The Morgan fingerprint density at radius 3 is 2.16 bits per heavy atom. The Morgan fingerprint density at radius 1 is 0.594 bits per heavy atom. The zero-order valence-corrected chi connectivity index (χ0v) is 18.4. The first-order valence-electron chi connectivity index (χ1n) is 10.7. The SMILES string of the molecule is Cc1cc(-c2cccc3c2sc2ccccc23)nc(-c2ccccc2-c2ccccc2)n1. The molecule has 32 heavy (non-hydrogen) atoms. The highest BCUT2D eigenvalue weighted by atomic mass is 32.1. The van der Waals surface area contributed by atoms with E-state index in [9.17, 15) is 0 Å². The molecule has 0 fully saturated rings. The molecule has 0 saturated carbocycles. The Labute approximate surface area is 190 Å². The minimum absolute atomic E-state index is 0.762. The third kappa shape index (κ3) is 3.19. The van der Waals surface area contributed by atoms with Crippen LogP contribution in [0.3, 0.4) is 0 Å². The second-order valence-corrected chi connectivity index (χ2v) is 8.96. The molecule has 2 nitrogen and oxygen atoms in total. The molecular formula is C29H20N2S. The first-order chi connectivity index (χ1) is 15.8. The second-order valence-electron chi connectivity index (χ2n) is 7.91. The minimum Gasteiger partial charge on any atom is -0.233 e. The van der Waals surface area contributed by atoms with Crippen LogP contribution in [0, 0.1) is 6.92 Å². The van der Waals surface area contributed by atoms with E-state index in [4.69, 9.17) is 9.97 Å². The van der Waals surface area contributed by atoms with Gasteiger partial charge < -0.3 is 0 Å². The van der Waals surface area contributed by atoms with Crippen molar-refractivity contribution in [1.29, 1.82) is 0 Å². The van der Waals surface area contributed by atoms with Crippen LogP contribution < -0.4 is 0 Å². The quantitative estimate of drug-likeness (QED) is 0.284. The number of aryl methyl sites for hydroxylation is 1. The summed E-state index contributed by atoms with van der Waals surface area (Å²) in [7, 11) is 0. The van der Waals surface area contributed by atoms with Crippen molar-refractivity contribution in [2.45, 2.75) is 6.92 Å². The Balaban J connectivity index is 1.57. The molecule has 6 aromatic rings. The van der Waals surface area contributed by atoms with Gasteiger partial charge in [0.05, 0.1) is 5.69 Å². The molecule has 2 heterocycles. The van der Waals surface area contributed by atoms with E-state index in [0.29, 0.717) is 0 Å². The maximum absolute atomic E-state index is 5.08. The van der Waals surface area contributed by atoms with Crippen LogP contribution in [0.5, 0.6) is 0 Å². The van der Waals surface area contributed by atoms with Gasteiger partial charge in [0.1, 0.15) is 0 Å². The molecule has 3 heteroatoms. The molecule has 0 amide bonds. The maximum atomic E-state index is 5.08. The molecule has 0 N–H and O–H groups in total. The zero-order valence-electron chi connectivity index (χ0n) is 17.6. The van der Waals surface area contributed by atoms with Crippen LogP contribution >= 0.6 is 11.3 Å². The van der Waals surface area contributed by atoms with Crippen LogP contribution in [-0.4, -0.2) is 9.97 Å². The van der Waals surface area contributed by atoms with Crippen LogP contribution in [0.4, 0.5) is 0 Å². The van der Waals surface area contributed by atoms with Gasteiger partial charge in [-0.25, -0.2) is 9.97 Å². The lowest BCUT2D eigenvalue weighted by Gasteiger charge is -2.11. The largest absolute Gasteiger partial charge is 0.233 e. The highest BCUT2D eigenvalue weighted by Crippen LogP contribution is 2.40. The van der Waals surface area contributed by atoms with E-state index in [1.807, 2.05) is 24.3 Å². The first-order valence-corrected chi connectivity index (χ1v) is 11.5. The van der Waals surface area contributed by atoms with Crippen molar-refractivity contribution in [2.24, 2.45) is 0 Å². The lowest BCUT2D eigenvalue weighted by Crippen LogP contribution is -1.97. The van der Waals surface area contributed by atoms with E-state index in [-0.39, 0.29) is 0 Å². The highest BCUT2D eigenvalue weighted by molar-refractivity contribution is 7.26. The molecule has 0 spiro atoms. The molecule has 0 saturated heterocycles. The van der Waals surface area contributed by atoms with E-state index in [0.717, 1.165) is 33.9 Å². The number of hydrogen-bond acceptors (Lipinski definition) is 3. The van der Waals surface area contributed by atoms with Crippen molar-refractivity contribution >= 4 is 31.5 Å². The van der Waals surface area contributed by atoms with Crippen molar-refractivity contribution in [2.75, 3.05) is 0 Å². The smallest absolute Gasteiger partial charge is 0.160 e. The van der Waals surface area contributed by atoms with Gasteiger partial charge in [-0.1, -0.05) is 91.0 Å². The molecule has 0 aliphatic rings. The summed E-state index contributed by atoms with van der Waals surface area (Å²) in [6.45, 7) is 2.05. The average molecular weight is 429 g/mol. The fraction of sp³-hybridized carbons (Fsp3) is 0.0345. The van der Waals surface area contributed by atoms with E-state index in [1.54, 1.807) is 0 Å². The minimum atomic E-state index is 0.762. The molecule has 152 valence electrons. The molecule has 4 aromatic carbocycles. The number of aromatic nitrogens is 2. The van der Waals surface area contributed by atoms with Gasteiger partial charge in [0.25, 0.3) is 0 Å². The lowest BCUT2D eigenvalue weighted by atomic mass is 9.99. The average Bonchev–Trinajstić information content (AvgIpc) is 3.23. The fourth-order valence-electron chi connectivity index (χ4n) is 4.32. The predicted octanol–water partition coefficient (Wildman–Crippen LogP) is 8.15. The summed E-state index contributed by atoms with van der Waals surface area (Å²) < 4.78 is 2.57. The first kappa shape index (κ1) is 18.9. The number of benzene rings is 4. The number of rotatable bonds is 3. The Kier molecular flexibility index (Phi) is 4.55. The summed E-state index contributed by atoms with van der Waals surface area (Å²) in [6.07, 6.45) is 0. The van der Waals surface area contributed by atoms with Crippen LogP contribution in [-0.2, 0) is 0 Å². The fourth-order valence-corrected chi connectivity index (χ4v) is 5.55. The van der Waals surface area contributed by atoms with Crippen LogP contribution in [0.2, 0.25) is 0 Å². The standard InChI is InChI=1S/C29H20N2S/c1-19-18-26(25-16-9-15-23-22-13-7-8-17-27(22)32-28(23)25)31-29(30-19)24-14-6-5-12-21(24)20-10-3-2-4-11-20/h2-18H,1H3. The molecule has 0 atom stereocenters. The summed E-state index contributed by atoms with van der Waals surface area (Å²) in [5, 5.41) is 2.58. The Bertz CT molecular complexity index is 1580. The van der Waals surface area contributed by atoms with Gasteiger partial charge in [-0.3, -0.25) is 0 Å². The number of hydrogen-bond donors (Lipinski definition) is 0. The maximum Gasteiger partial charge on any atom is 0.160 e. The Hall–Kier alpha value is -3.82. The summed E-state index contributed by atoms with van der Waals surface area (Å²) in [4.78, 5) is 9.91. The van der Waals surface area contributed by atoms with E-state index in [2.05, 4.69) is 97.1 Å². The van der Waals surface area contributed by atoms with Crippen molar-refractivity contribution in [3.63, 3.8) is 0 Å². The Morgan fingerprint density at radius 2 is 1.28 bits per heavy atom. The van der Waals surface area contributed by atoms with Gasteiger partial charge in [-0.2, -0.15) is 0 Å². The highest BCUT2D eigenvalue weighted by Gasteiger charge is 2.15. The number of thiophene rings is 1. The summed E-state index contributed by atoms with van der Waals surface area (Å²) >= 11 is 1.83. The summed E-state index contributed by atoms with van der Waals surface area (Å²) in [6, 6.07) is 36.0. The molecule has 0 bridgehead atoms. The van der Waals surface area contributed by atoms with Crippen molar-refractivity contribution in [3.8, 4) is 33.8 Å². The lowest BCUT2D eigenvalue weighted by molar-refractivity contribution is 1.12. The molecule has 2 aromatic heterocycles. The zero-order chi connectivity index (χ0) is 21.5. The van der Waals surface area contributed by atoms with Gasteiger partial charge in [0.15, 0.2) is 5.82 Å². The van der Waals surface area contributed by atoms with Crippen molar-refractivity contribution in [1.82, 2.24) is 9.97 Å².